The maximum Gasteiger partial charge on any atom is 0.317 e. The molecule has 1 saturated heterocycles. The predicted molar refractivity (Wildman–Crippen MR) is 105 cm³/mol. The molecular weight excluding hydrogens is 324 g/mol. The summed E-state index contributed by atoms with van der Waals surface area (Å²) >= 11 is 0. The Balaban J connectivity index is 1.44. The molecule has 1 aliphatic rings. The average molecular weight is 352 g/mol. The Kier molecular flexibility index (Phi) is 6.16. The molecule has 0 saturated carbocycles. The topological polar surface area (TPSA) is 41.6 Å². The maximum atomic E-state index is 12.5. The zero-order chi connectivity index (χ0) is 18.4. The lowest BCUT2D eigenvalue weighted by Gasteiger charge is -2.20. The Morgan fingerprint density at radius 1 is 1.19 bits per heavy atom. The van der Waals surface area contributed by atoms with Crippen LogP contribution in [0.5, 0.6) is 5.75 Å². The van der Waals surface area contributed by atoms with Gasteiger partial charge in [0.05, 0.1) is 7.11 Å². The van der Waals surface area contributed by atoms with Crippen molar-refractivity contribution in [1.82, 2.24) is 10.2 Å². The van der Waals surface area contributed by atoms with E-state index in [0.717, 1.165) is 31.7 Å². The summed E-state index contributed by atoms with van der Waals surface area (Å²) < 4.78 is 5.20. The number of benzene rings is 2. The van der Waals surface area contributed by atoms with E-state index < -0.39 is 0 Å². The first-order chi connectivity index (χ1) is 12.7. The van der Waals surface area contributed by atoms with E-state index in [4.69, 9.17) is 4.74 Å². The van der Waals surface area contributed by atoms with Crippen LogP contribution in [0.4, 0.5) is 4.79 Å². The van der Waals surface area contributed by atoms with E-state index >= 15 is 0 Å². The minimum Gasteiger partial charge on any atom is -0.497 e. The third kappa shape index (κ3) is 4.78. The molecular formula is C22H28N2O2. The average Bonchev–Trinajstić information content (AvgIpc) is 3.15. The second-order valence-electron chi connectivity index (χ2n) is 7.15. The summed E-state index contributed by atoms with van der Waals surface area (Å²) in [5.41, 5.74) is 2.56. The monoisotopic (exact) mass is 352 g/mol. The number of rotatable bonds is 6. The van der Waals surface area contributed by atoms with Crippen molar-refractivity contribution in [3.63, 3.8) is 0 Å². The van der Waals surface area contributed by atoms with Crippen LogP contribution in [0, 0.1) is 5.92 Å². The van der Waals surface area contributed by atoms with E-state index in [1.165, 1.54) is 11.1 Å². The highest BCUT2D eigenvalue weighted by Gasteiger charge is 2.26. The molecule has 138 valence electrons. The lowest BCUT2D eigenvalue weighted by molar-refractivity contribution is 0.206. The van der Waals surface area contributed by atoms with Crippen molar-refractivity contribution in [3.05, 3.63) is 65.7 Å². The van der Waals surface area contributed by atoms with Gasteiger partial charge in [-0.05, 0) is 47.9 Å². The third-order valence-electron chi connectivity index (χ3n) is 5.18. The van der Waals surface area contributed by atoms with Crippen LogP contribution >= 0.6 is 0 Å². The number of urea groups is 1. The number of carbonyl (C=O) groups excluding carboxylic acids is 1. The summed E-state index contributed by atoms with van der Waals surface area (Å²) in [6, 6.07) is 18.6. The van der Waals surface area contributed by atoms with Crippen LogP contribution in [0.1, 0.15) is 30.4 Å². The lowest BCUT2D eigenvalue weighted by Crippen LogP contribution is -2.40. The standard InChI is InChI=1S/C22H28N2O2/c1-17(20-6-4-3-5-7-20)15-23-22(25)24-13-12-19(16-24)14-18-8-10-21(26-2)11-9-18/h3-11,17,19H,12-16H2,1-2H3,(H,23,25)/t17-,19?/m1/s1. The molecule has 1 heterocycles. The number of ether oxygens (including phenoxy) is 1. The molecule has 2 atom stereocenters. The van der Waals surface area contributed by atoms with Crippen molar-refractivity contribution in [3.8, 4) is 5.75 Å². The molecule has 0 aliphatic carbocycles. The van der Waals surface area contributed by atoms with Gasteiger partial charge in [0, 0.05) is 19.6 Å². The number of likely N-dealkylation sites (tertiary alicyclic amines) is 1. The van der Waals surface area contributed by atoms with Crippen molar-refractivity contribution in [2.24, 2.45) is 5.92 Å². The normalized spacial score (nSPS) is 17.8. The summed E-state index contributed by atoms with van der Waals surface area (Å²) in [5.74, 6) is 1.73. The maximum absolute atomic E-state index is 12.5. The van der Waals surface area contributed by atoms with Crippen molar-refractivity contribution >= 4 is 6.03 Å². The number of hydrogen-bond donors (Lipinski definition) is 1. The second kappa shape index (κ2) is 8.75. The van der Waals surface area contributed by atoms with Gasteiger partial charge in [0.25, 0.3) is 0 Å². The minimum atomic E-state index is 0.0602. The molecule has 1 unspecified atom stereocenters. The van der Waals surface area contributed by atoms with Crippen LogP contribution < -0.4 is 10.1 Å². The van der Waals surface area contributed by atoms with Crippen LogP contribution in [-0.2, 0) is 6.42 Å². The first-order valence-electron chi connectivity index (χ1n) is 9.36. The van der Waals surface area contributed by atoms with E-state index in [2.05, 4.69) is 36.5 Å². The van der Waals surface area contributed by atoms with Gasteiger partial charge in [-0.25, -0.2) is 4.79 Å². The van der Waals surface area contributed by atoms with E-state index in [1.807, 2.05) is 35.2 Å². The van der Waals surface area contributed by atoms with Gasteiger partial charge in [0.1, 0.15) is 5.75 Å². The molecule has 2 aromatic rings. The largest absolute Gasteiger partial charge is 0.497 e. The smallest absolute Gasteiger partial charge is 0.317 e. The van der Waals surface area contributed by atoms with Gasteiger partial charge in [-0.2, -0.15) is 0 Å². The van der Waals surface area contributed by atoms with E-state index in [9.17, 15) is 4.79 Å². The van der Waals surface area contributed by atoms with E-state index in [1.54, 1.807) is 7.11 Å². The number of nitrogens with one attached hydrogen (secondary N) is 1. The van der Waals surface area contributed by atoms with Crippen LogP contribution in [0.3, 0.4) is 0 Å². The van der Waals surface area contributed by atoms with Gasteiger partial charge < -0.3 is 15.0 Å². The molecule has 0 spiro atoms. The summed E-state index contributed by atoms with van der Waals surface area (Å²) in [4.78, 5) is 14.4. The number of nitrogens with zero attached hydrogens (tertiary/aromatic N) is 1. The third-order valence-corrected chi connectivity index (χ3v) is 5.18. The van der Waals surface area contributed by atoms with Crippen molar-refractivity contribution in [1.29, 1.82) is 0 Å². The molecule has 1 fully saturated rings. The van der Waals surface area contributed by atoms with Crippen LogP contribution in [0.25, 0.3) is 0 Å². The summed E-state index contributed by atoms with van der Waals surface area (Å²) in [6.45, 7) is 4.48. The van der Waals surface area contributed by atoms with Gasteiger partial charge in [-0.15, -0.1) is 0 Å². The fourth-order valence-corrected chi connectivity index (χ4v) is 3.53. The lowest BCUT2D eigenvalue weighted by atomic mass is 9.99. The molecule has 1 N–H and O–H groups in total. The van der Waals surface area contributed by atoms with Crippen LogP contribution in [0.15, 0.2) is 54.6 Å². The van der Waals surface area contributed by atoms with Gasteiger partial charge in [0.15, 0.2) is 0 Å². The molecule has 2 aromatic carbocycles. The molecule has 0 bridgehead atoms. The van der Waals surface area contributed by atoms with Crippen molar-refractivity contribution in [2.75, 3.05) is 26.7 Å². The first kappa shape index (κ1) is 18.3. The Labute approximate surface area is 156 Å². The fraction of sp³-hybridized carbons (Fsp3) is 0.409. The molecule has 3 rings (SSSR count). The molecule has 26 heavy (non-hydrogen) atoms. The number of carbonyl (C=O) groups is 1. The highest BCUT2D eigenvalue weighted by atomic mass is 16.5. The number of hydrogen-bond acceptors (Lipinski definition) is 2. The van der Waals surface area contributed by atoms with Crippen molar-refractivity contribution < 1.29 is 9.53 Å². The van der Waals surface area contributed by atoms with Crippen LogP contribution in [0.2, 0.25) is 0 Å². The quantitative estimate of drug-likeness (QED) is 0.851. The fourth-order valence-electron chi connectivity index (χ4n) is 3.53. The summed E-state index contributed by atoms with van der Waals surface area (Å²) in [5, 5.41) is 3.09. The highest BCUT2D eigenvalue weighted by Crippen LogP contribution is 2.22. The zero-order valence-corrected chi connectivity index (χ0v) is 15.7. The van der Waals surface area contributed by atoms with E-state index in [0.29, 0.717) is 18.4 Å². The van der Waals surface area contributed by atoms with Gasteiger partial charge in [-0.1, -0.05) is 49.4 Å². The molecule has 0 radical (unpaired) electrons. The van der Waals surface area contributed by atoms with Gasteiger partial charge in [0.2, 0.25) is 0 Å². The Hall–Kier alpha value is -2.49. The van der Waals surface area contributed by atoms with Gasteiger partial charge in [-0.3, -0.25) is 0 Å². The SMILES string of the molecule is COc1ccc(CC2CCN(C(=O)NC[C@@H](C)c3ccccc3)C2)cc1. The first-order valence-corrected chi connectivity index (χ1v) is 9.36. The number of amides is 2. The molecule has 1 aliphatic heterocycles. The highest BCUT2D eigenvalue weighted by molar-refractivity contribution is 5.74. The Bertz CT molecular complexity index is 700. The Morgan fingerprint density at radius 2 is 1.92 bits per heavy atom. The minimum absolute atomic E-state index is 0.0602. The number of methoxy groups -OCH3 is 1. The Morgan fingerprint density at radius 3 is 2.62 bits per heavy atom. The predicted octanol–water partition coefficient (Wildman–Crippen LogP) is 4.07. The zero-order valence-electron chi connectivity index (χ0n) is 15.7. The molecule has 4 nitrogen and oxygen atoms in total. The van der Waals surface area contributed by atoms with Crippen LogP contribution in [-0.4, -0.2) is 37.7 Å². The molecule has 2 amide bonds. The van der Waals surface area contributed by atoms with Gasteiger partial charge >= 0.3 is 6.03 Å². The second-order valence-corrected chi connectivity index (χ2v) is 7.15. The summed E-state index contributed by atoms with van der Waals surface area (Å²) in [7, 11) is 1.68. The molecule has 0 aromatic heterocycles. The summed E-state index contributed by atoms with van der Waals surface area (Å²) in [6.07, 6.45) is 2.07. The molecule has 4 heteroatoms. The van der Waals surface area contributed by atoms with Crippen molar-refractivity contribution in [2.45, 2.75) is 25.7 Å². The van der Waals surface area contributed by atoms with E-state index in [-0.39, 0.29) is 6.03 Å².